The Hall–Kier alpha value is -2.67. The maximum atomic E-state index is 13.9. The molecule has 2 aromatic rings. The number of rotatable bonds is 4. The van der Waals surface area contributed by atoms with Gasteiger partial charge in [-0.25, -0.2) is 9.37 Å². The van der Waals surface area contributed by atoms with Crippen LogP contribution in [0.3, 0.4) is 0 Å². The molecule has 0 radical (unpaired) electrons. The third-order valence-electron chi connectivity index (χ3n) is 7.45. The Kier molecular flexibility index (Phi) is 6.23. The van der Waals surface area contributed by atoms with Gasteiger partial charge in [0.05, 0.1) is 24.1 Å². The Balaban J connectivity index is 1.26. The minimum atomic E-state index is -0.412. The van der Waals surface area contributed by atoms with Crippen molar-refractivity contribution in [3.8, 4) is 5.75 Å². The van der Waals surface area contributed by atoms with Crippen molar-refractivity contribution in [2.45, 2.75) is 76.7 Å². The summed E-state index contributed by atoms with van der Waals surface area (Å²) in [7, 11) is 0. The molecule has 34 heavy (non-hydrogen) atoms. The van der Waals surface area contributed by atoms with Crippen LogP contribution >= 0.6 is 0 Å². The van der Waals surface area contributed by atoms with Gasteiger partial charge in [-0.1, -0.05) is 0 Å². The molecular formula is C27H34FN3O3. The van der Waals surface area contributed by atoms with Gasteiger partial charge in [-0.15, -0.1) is 0 Å². The standard InChI is InChI=1S/C27H34FN3O3/c1-18(2)33-25-16-27(34-24-9-6-20(28)15-22(24)25)10-13-30(14-11-27)26(32)23-8-7-21(17-29-23)31-12-4-5-19(31)3/h6-9,15,17-19,25H,4-5,10-14,16H2,1-3H3/t19-,25+/m0/s1. The van der Waals surface area contributed by atoms with Gasteiger partial charge in [0.2, 0.25) is 0 Å². The highest BCUT2D eigenvalue weighted by molar-refractivity contribution is 5.92. The third-order valence-corrected chi connectivity index (χ3v) is 7.45. The molecule has 1 aromatic heterocycles. The lowest BCUT2D eigenvalue weighted by Crippen LogP contribution is -2.52. The summed E-state index contributed by atoms with van der Waals surface area (Å²) in [4.78, 5) is 21.9. The summed E-state index contributed by atoms with van der Waals surface area (Å²) in [6, 6.07) is 9.03. The number of carbonyl (C=O) groups excluding carboxylic acids is 1. The lowest BCUT2D eigenvalue weighted by molar-refractivity contribution is -0.0874. The fourth-order valence-corrected chi connectivity index (χ4v) is 5.62. The van der Waals surface area contributed by atoms with Crippen LogP contribution in [0.4, 0.5) is 10.1 Å². The zero-order valence-electron chi connectivity index (χ0n) is 20.3. The second-order valence-corrected chi connectivity index (χ2v) is 10.2. The summed E-state index contributed by atoms with van der Waals surface area (Å²) in [5.74, 6) is 0.365. The van der Waals surface area contributed by atoms with E-state index in [-0.39, 0.29) is 23.9 Å². The molecule has 0 unspecified atom stereocenters. The van der Waals surface area contributed by atoms with Gasteiger partial charge in [0.1, 0.15) is 22.9 Å². The van der Waals surface area contributed by atoms with E-state index in [1.165, 1.54) is 25.0 Å². The number of hydrogen-bond acceptors (Lipinski definition) is 5. The molecule has 1 aromatic carbocycles. The summed E-state index contributed by atoms with van der Waals surface area (Å²) >= 11 is 0. The normalized spacial score (nSPS) is 23.8. The predicted octanol–water partition coefficient (Wildman–Crippen LogP) is 5.13. The topological polar surface area (TPSA) is 54.9 Å². The highest BCUT2D eigenvalue weighted by Crippen LogP contribution is 2.46. The van der Waals surface area contributed by atoms with E-state index < -0.39 is 5.60 Å². The van der Waals surface area contributed by atoms with Crippen molar-refractivity contribution in [2.24, 2.45) is 0 Å². The minimum absolute atomic E-state index is 0.0236. The average Bonchev–Trinajstić information content (AvgIpc) is 3.25. The molecule has 0 N–H and O–H groups in total. The fourth-order valence-electron chi connectivity index (χ4n) is 5.62. The van der Waals surface area contributed by atoms with E-state index in [1.807, 2.05) is 37.1 Å². The van der Waals surface area contributed by atoms with E-state index in [0.29, 0.717) is 49.8 Å². The molecule has 5 rings (SSSR count). The Bertz CT molecular complexity index is 1030. The number of aromatic nitrogens is 1. The van der Waals surface area contributed by atoms with E-state index in [4.69, 9.17) is 9.47 Å². The van der Waals surface area contributed by atoms with E-state index in [9.17, 15) is 9.18 Å². The maximum Gasteiger partial charge on any atom is 0.272 e. The molecule has 0 aliphatic carbocycles. The van der Waals surface area contributed by atoms with Gasteiger partial charge in [0.15, 0.2) is 0 Å². The van der Waals surface area contributed by atoms with Crippen LogP contribution in [0.15, 0.2) is 36.5 Å². The number of amides is 1. The van der Waals surface area contributed by atoms with Gasteiger partial charge >= 0.3 is 0 Å². The van der Waals surface area contributed by atoms with Crippen molar-refractivity contribution in [1.82, 2.24) is 9.88 Å². The van der Waals surface area contributed by atoms with E-state index in [0.717, 1.165) is 17.8 Å². The second-order valence-electron chi connectivity index (χ2n) is 10.2. The first-order chi connectivity index (χ1) is 16.3. The third kappa shape index (κ3) is 4.50. The molecule has 2 saturated heterocycles. The number of piperidine rings is 1. The van der Waals surface area contributed by atoms with Crippen molar-refractivity contribution in [1.29, 1.82) is 0 Å². The lowest BCUT2D eigenvalue weighted by Gasteiger charge is -2.47. The molecule has 7 heteroatoms. The number of pyridine rings is 1. The first-order valence-corrected chi connectivity index (χ1v) is 12.5. The van der Waals surface area contributed by atoms with Gasteiger partial charge in [0, 0.05) is 50.5 Å². The smallest absolute Gasteiger partial charge is 0.272 e. The van der Waals surface area contributed by atoms with Crippen LogP contribution in [0.1, 0.15) is 75.0 Å². The van der Waals surface area contributed by atoms with Gasteiger partial charge in [0.25, 0.3) is 5.91 Å². The van der Waals surface area contributed by atoms with Crippen LogP contribution in [0.25, 0.3) is 0 Å². The Morgan fingerprint density at radius 2 is 2.00 bits per heavy atom. The van der Waals surface area contributed by atoms with Crippen LogP contribution in [0.5, 0.6) is 5.75 Å². The van der Waals surface area contributed by atoms with Crippen molar-refractivity contribution in [2.75, 3.05) is 24.5 Å². The van der Waals surface area contributed by atoms with Gasteiger partial charge in [-0.2, -0.15) is 0 Å². The largest absolute Gasteiger partial charge is 0.487 e. The summed E-state index contributed by atoms with van der Waals surface area (Å²) in [5.41, 5.74) is 1.93. The number of hydrogen-bond donors (Lipinski definition) is 0. The first kappa shape index (κ1) is 23.1. The van der Waals surface area contributed by atoms with Gasteiger partial charge < -0.3 is 19.3 Å². The monoisotopic (exact) mass is 467 g/mol. The van der Waals surface area contributed by atoms with Crippen LogP contribution < -0.4 is 9.64 Å². The van der Waals surface area contributed by atoms with Crippen molar-refractivity contribution in [3.63, 3.8) is 0 Å². The van der Waals surface area contributed by atoms with E-state index in [2.05, 4.69) is 16.8 Å². The lowest BCUT2D eigenvalue weighted by atomic mass is 9.81. The van der Waals surface area contributed by atoms with Crippen LogP contribution in [0, 0.1) is 5.82 Å². The van der Waals surface area contributed by atoms with Crippen LogP contribution in [-0.2, 0) is 4.74 Å². The molecule has 3 aliphatic heterocycles. The predicted molar refractivity (Wildman–Crippen MR) is 129 cm³/mol. The number of likely N-dealkylation sites (tertiary alicyclic amines) is 1. The SMILES string of the molecule is CC(C)O[C@@H]1CC2(CCN(C(=O)c3ccc(N4CCC[C@@H]4C)cn3)CC2)Oc2ccc(F)cc21. The Labute approximate surface area is 201 Å². The highest BCUT2D eigenvalue weighted by atomic mass is 19.1. The summed E-state index contributed by atoms with van der Waals surface area (Å²) < 4.78 is 26.5. The maximum absolute atomic E-state index is 13.9. The minimum Gasteiger partial charge on any atom is -0.487 e. The zero-order valence-corrected chi connectivity index (χ0v) is 20.3. The molecule has 2 fully saturated rings. The van der Waals surface area contributed by atoms with E-state index >= 15 is 0 Å². The molecule has 0 bridgehead atoms. The zero-order chi connectivity index (χ0) is 23.9. The quantitative estimate of drug-likeness (QED) is 0.624. The van der Waals surface area contributed by atoms with Crippen LogP contribution in [-0.4, -0.2) is 53.2 Å². The molecule has 0 saturated carbocycles. The number of ether oxygens (including phenoxy) is 2. The number of fused-ring (bicyclic) bond motifs is 1. The number of carbonyl (C=O) groups is 1. The Morgan fingerprint density at radius 3 is 2.65 bits per heavy atom. The molecule has 6 nitrogen and oxygen atoms in total. The number of anilines is 1. The van der Waals surface area contributed by atoms with Crippen LogP contribution in [0.2, 0.25) is 0 Å². The average molecular weight is 468 g/mol. The number of halogens is 1. The number of nitrogens with zero attached hydrogens (tertiary/aromatic N) is 3. The molecule has 1 spiro atoms. The fraction of sp³-hybridized carbons (Fsp3) is 0.556. The molecule has 182 valence electrons. The molecule has 2 atom stereocenters. The first-order valence-electron chi connectivity index (χ1n) is 12.5. The Morgan fingerprint density at radius 1 is 1.21 bits per heavy atom. The highest BCUT2D eigenvalue weighted by Gasteiger charge is 2.45. The second kappa shape index (κ2) is 9.17. The van der Waals surface area contributed by atoms with Crippen molar-refractivity contribution >= 4 is 11.6 Å². The van der Waals surface area contributed by atoms with Crippen molar-refractivity contribution in [3.05, 3.63) is 53.6 Å². The molecule has 1 amide bonds. The van der Waals surface area contributed by atoms with Crippen molar-refractivity contribution < 1.29 is 18.7 Å². The summed E-state index contributed by atoms with van der Waals surface area (Å²) in [5, 5.41) is 0. The number of benzene rings is 1. The summed E-state index contributed by atoms with van der Waals surface area (Å²) in [6.45, 7) is 8.44. The van der Waals surface area contributed by atoms with Gasteiger partial charge in [-0.05, 0) is 63.9 Å². The molecule has 4 heterocycles. The summed E-state index contributed by atoms with van der Waals surface area (Å²) in [6.07, 6.45) is 6.09. The molecule has 3 aliphatic rings. The molecular weight excluding hydrogens is 433 g/mol. The van der Waals surface area contributed by atoms with Gasteiger partial charge in [-0.3, -0.25) is 4.79 Å². The van der Waals surface area contributed by atoms with E-state index in [1.54, 1.807) is 6.07 Å².